The summed E-state index contributed by atoms with van der Waals surface area (Å²) in [7, 11) is 0. The van der Waals surface area contributed by atoms with Gasteiger partial charge in [0.25, 0.3) is 0 Å². The first-order valence-corrected chi connectivity index (χ1v) is 9.43. The molecule has 1 aliphatic rings. The van der Waals surface area contributed by atoms with Gasteiger partial charge in [-0.05, 0) is 55.5 Å². The summed E-state index contributed by atoms with van der Waals surface area (Å²) in [5.41, 5.74) is 1.70. The monoisotopic (exact) mass is 368 g/mol. The summed E-state index contributed by atoms with van der Waals surface area (Å²) < 4.78 is 13.1. The third-order valence-electron chi connectivity index (χ3n) is 5.04. The number of halogens is 1. The van der Waals surface area contributed by atoms with Crippen molar-refractivity contribution in [1.82, 2.24) is 4.90 Å². The van der Waals surface area contributed by atoms with Gasteiger partial charge in [0.15, 0.2) is 0 Å². The van der Waals surface area contributed by atoms with Gasteiger partial charge in [-0.3, -0.25) is 9.59 Å². The summed E-state index contributed by atoms with van der Waals surface area (Å²) in [4.78, 5) is 27.3. The Morgan fingerprint density at radius 2 is 1.81 bits per heavy atom. The van der Waals surface area contributed by atoms with E-state index in [1.54, 1.807) is 24.0 Å². The second kappa shape index (κ2) is 8.33. The van der Waals surface area contributed by atoms with E-state index in [0.717, 1.165) is 18.4 Å². The lowest BCUT2D eigenvalue weighted by Crippen LogP contribution is -2.46. The largest absolute Gasteiger partial charge is 0.331 e. The molecule has 0 bridgehead atoms. The highest BCUT2D eigenvalue weighted by molar-refractivity contribution is 5.97. The number of carbonyl (C=O) groups excluding carboxylic acids is 2. The van der Waals surface area contributed by atoms with Crippen LogP contribution in [-0.4, -0.2) is 29.3 Å². The normalized spacial score (nSPS) is 19.2. The van der Waals surface area contributed by atoms with Crippen LogP contribution in [0.1, 0.15) is 38.2 Å². The Balaban J connectivity index is 1.66. The molecule has 3 unspecified atom stereocenters. The minimum Gasteiger partial charge on any atom is -0.331 e. The van der Waals surface area contributed by atoms with Crippen molar-refractivity contribution in [3.8, 4) is 0 Å². The number of amides is 2. The Hall–Kier alpha value is -2.69. The van der Waals surface area contributed by atoms with E-state index in [1.165, 1.54) is 12.1 Å². The summed E-state index contributed by atoms with van der Waals surface area (Å²) in [6.45, 7) is 4.29. The maximum absolute atomic E-state index is 13.1. The van der Waals surface area contributed by atoms with E-state index >= 15 is 0 Å². The summed E-state index contributed by atoms with van der Waals surface area (Å²) >= 11 is 0. The van der Waals surface area contributed by atoms with Gasteiger partial charge in [-0.1, -0.05) is 37.3 Å². The van der Waals surface area contributed by atoms with Gasteiger partial charge in [0.2, 0.25) is 11.8 Å². The van der Waals surface area contributed by atoms with E-state index in [9.17, 15) is 14.0 Å². The lowest BCUT2D eigenvalue weighted by atomic mass is 10.1. The number of carbonyl (C=O) groups is 2. The molecule has 4 nitrogen and oxygen atoms in total. The summed E-state index contributed by atoms with van der Waals surface area (Å²) in [6, 6.07) is 15.0. The Morgan fingerprint density at radius 1 is 1.15 bits per heavy atom. The molecule has 0 aliphatic heterocycles. The lowest BCUT2D eigenvalue weighted by Gasteiger charge is -2.28. The molecule has 1 N–H and O–H groups in total. The van der Waals surface area contributed by atoms with Crippen molar-refractivity contribution in [2.75, 3.05) is 11.9 Å². The zero-order valence-electron chi connectivity index (χ0n) is 15.7. The van der Waals surface area contributed by atoms with E-state index < -0.39 is 6.04 Å². The van der Waals surface area contributed by atoms with Crippen LogP contribution in [0.2, 0.25) is 0 Å². The van der Waals surface area contributed by atoms with Crippen molar-refractivity contribution in [3.05, 3.63) is 66.0 Å². The molecular weight excluding hydrogens is 343 g/mol. The average Bonchev–Trinajstić information content (AvgIpc) is 3.47. The molecule has 2 aromatic rings. The zero-order valence-corrected chi connectivity index (χ0v) is 15.7. The number of rotatable bonds is 7. The van der Waals surface area contributed by atoms with Gasteiger partial charge in [0.05, 0.1) is 0 Å². The van der Waals surface area contributed by atoms with Crippen LogP contribution in [0.15, 0.2) is 54.6 Å². The Morgan fingerprint density at radius 3 is 2.44 bits per heavy atom. The van der Waals surface area contributed by atoms with Gasteiger partial charge in [0.1, 0.15) is 11.9 Å². The fraction of sp³-hybridized carbons (Fsp3) is 0.364. The molecular formula is C22H25FN2O2. The number of anilines is 1. The van der Waals surface area contributed by atoms with Crippen molar-refractivity contribution in [3.63, 3.8) is 0 Å². The Labute approximate surface area is 159 Å². The molecule has 3 atom stereocenters. The number of hydrogen-bond donors (Lipinski definition) is 1. The maximum Gasteiger partial charge on any atom is 0.246 e. The maximum atomic E-state index is 13.1. The molecule has 3 rings (SSSR count). The molecule has 0 spiro atoms. The number of hydrogen-bond acceptors (Lipinski definition) is 2. The smallest absolute Gasteiger partial charge is 0.246 e. The highest BCUT2D eigenvalue weighted by atomic mass is 19.1. The van der Waals surface area contributed by atoms with Crippen LogP contribution in [0.3, 0.4) is 0 Å². The van der Waals surface area contributed by atoms with Crippen LogP contribution >= 0.6 is 0 Å². The van der Waals surface area contributed by atoms with Gasteiger partial charge in [-0.25, -0.2) is 4.39 Å². The molecule has 2 amide bonds. The fourth-order valence-electron chi connectivity index (χ4n) is 3.40. The molecule has 0 heterocycles. The summed E-state index contributed by atoms with van der Waals surface area (Å²) in [5, 5.41) is 2.87. The summed E-state index contributed by atoms with van der Waals surface area (Å²) in [6.07, 6.45) is 1.53. The van der Waals surface area contributed by atoms with Crippen molar-refractivity contribution >= 4 is 17.5 Å². The highest BCUT2D eigenvalue weighted by Gasteiger charge is 2.46. The van der Waals surface area contributed by atoms with Gasteiger partial charge in [-0.2, -0.15) is 0 Å². The Kier molecular flexibility index (Phi) is 5.89. The number of nitrogens with zero attached hydrogens (tertiary/aromatic N) is 1. The van der Waals surface area contributed by atoms with Crippen LogP contribution in [0, 0.1) is 11.7 Å². The van der Waals surface area contributed by atoms with Gasteiger partial charge in [0, 0.05) is 18.2 Å². The lowest BCUT2D eigenvalue weighted by molar-refractivity contribution is -0.139. The standard InChI is InChI=1S/C22H25FN2O2/c1-3-13-25(15(2)21(26)24-18-7-5-4-6-8-18)22(27)20-14-19(20)16-9-11-17(23)12-10-16/h4-12,15,19-20H,3,13-14H2,1-2H3,(H,24,26). The molecule has 5 heteroatoms. The molecule has 27 heavy (non-hydrogen) atoms. The predicted octanol–water partition coefficient (Wildman–Crippen LogP) is 4.20. The Bertz CT molecular complexity index is 792. The highest BCUT2D eigenvalue weighted by Crippen LogP contribution is 2.48. The zero-order chi connectivity index (χ0) is 19.4. The number of para-hydroxylation sites is 1. The number of nitrogens with one attached hydrogen (secondary N) is 1. The van der Waals surface area contributed by atoms with E-state index in [1.807, 2.05) is 37.3 Å². The molecule has 0 radical (unpaired) electrons. The molecule has 1 aliphatic carbocycles. The molecule has 1 fully saturated rings. The van der Waals surface area contributed by atoms with E-state index in [0.29, 0.717) is 12.2 Å². The van der Waals surface area contributed by atoms with Crippen LogP contribution < -0.4 is 5.32 Å². The van der Waals surface area contributed by atoms with Crippen LogP contribution in [0.25, 0.3) is 0 Å². The quantitative estimate of drug-likeness (QED) is 0.796. The predicted molar refractivity (Wildman–Crippen MR) is 104 cm³/mol. The first-order chi connectivity index (χ1) is 13.0. The van der Waals surface area contributed by atoms with E-state index in [4.69, 9.17) is 0 Å². The van der Waals surface area contributed by atoms with Crippen LogP contribution in [0.4, 0.5) is 10.1 Å². The first-order valence-electron chi connectivity index (χ1n) is 9.43. The third kappa shape index (κ3) is 4.54. The average molecular weight is 368 g/mol. The fourth-order valence-corrected chi connectivity index (χ4v) is 3.40. The summed E-state index contributed by atoms with van der Waals surface area (Å²) in [5.74, 6) is -0.485. The van der Waals surface area contributed by atoms with Gasteiger partial charge in [-0.15, -0.1) is 0 Å². The topological polar surface area (TPSA) is 49.4 Å². The number of benzene rings is 2. The van der Waals surface area contributed by atoms with Crippen molar-refractivity contribution in [2.45, 2.75) is 38.6 Å². The molecule has 142 valence electrons. The van der Waals surface area contributed by atoms with Crippen molar-refractivity contribution in [2.24, 2.45) is 5.92 Å². The molecule has 2 aromatic carbocycles. The first kappa shape index (κ1) is 19.1. The van der Waals surface area contributed by atoms with Crippen molar-refractivity contribution < 1.29 is 14.0 Å². The molecule has 0 saturated heterocycles. The second-order valence-corrected chi connectivity index (χ2v) is 7.06. The van der Waals surface area contributed by atoms with Crippen LogP contribution in [-0.2, 0) is 9.59 Å². The van der Waals surface area contributed by atoms with Crippen LogP contribution in [0.5, 0.6) is 0 Å². The van der Waals surface area contributed by atoms with Crippen molar-refractivity contribution in [1.29, 1.82) is 0 Å². The molecule has 1 saturated carbocycles. The third-order valence-corrected chi connectivity index (χ3v) is 5.04. The molecule has 0 aromatic heterocycles. The SMILES string of the molecule is CCCN(C(=O)C1CC1c1ccc(F)cc1)C(C)C(=O)Nc1ccccc1. The van der Waals surface area contributed by atoms with E-state index in [-0.39, 0.29) is 29.5 Å². The van der Waals surface area contributed by atoms with E-state index in [2.05, 4.69) is 5.32 Å². The minimum absolute atomic E-state index is 0.00175. The second-order valence-electron chi connectivity index (χ2n) is 7.06. The van der Waals surface area contributed by atoms with Gasteiger partial charge >= 0.3 is 0 Å². The van der Waals surface area contributed by atoms with Gasteiger partial charge < -0.3 is 10.2 Å². The minimum atomic E-state index is -0.549.